The van der Waals surface area contributed by atoms with E-state index >= 15 is 0 Å². The third kappa shape index (κ3) is 5.53. The fourth-order valence-corrected chi connectivity index (χ4v) is 5.08. The van der Waals surface area contributed by atoms with Crippen LogP contribution in [-0.2, 0) is 25.3 Å². The van der Waals surface area contributed by atoms with Crippen LogP contribution in [-0.4, -0.2) is 42.0 Å². The van der Waals surface area contributed by atoms with Crippen LogP contribution in [0.15, 0.2) is 55.2 Å². The predicted molar refractivity (Wildman–Crippen MR) is 140 cm³/mol. The maximum absolute atomic E-state index is 11.1. The van der Waals surface area contributed by atoms with Crippen molar-refractivity contribution in [3.63, 3.8) is 0 Å². The summed E-state index contributed by atoms with van der Waals surface area (Å²) in [5.74, 6) is 2.17. The molecule has 1 fully saturated rings. The number of rotatable bonds is 9. The van der Waals surface area contributed by atoms with Crippen molar-refractivity contribution in [2.75, 3.05) is 6.54 Å². The van der Waals surface area contributed by atoms with E-state index in [9.17, 15) is 4.79 Å². The molecular weight excluding hydrogens is 450 g/mol. The average Bonchev–Trinajstić information content (AvgIpc) is 3.48. The number of aromatic nitrogens is 6. The molecular formula is C28H33N7O. The molecule has 1 aliphatic carbocycles. The van der Waals surface area contributed by atoms with Crippen LogP contribution in [0.4, 0.5) is 0 Å². The fourth-order valence-electron chi connectivity index (χ4n) is 5.08. The zero-order valence-corrected chi connectivity index (χ0v) is 21.2. The highest BCUT2D eigenvalue weighted by atomic mass is 16.1. The summed E-state index contributed by atoms with van der Waals surface area (Å²) < 4.78 is 3.62. The molecule has 0 saturated heterocycles. The van der Waals surface area contributed by atoms with Crippen molar-refractivity contribution in [1.29, 1.82) is 0 Å². The van der Waals surface area contributed by atoms with Gasteiger partial charge in [-0.3, -0.25) is 14.2 Å². The first-order chi connectivity index (χ1) is 17.4. The van der Waals surface area contributed by atoms with E-state index in [0.717, 1.165) is 64.6 Å². The number of hydrogen-bond acceptors (Lipinski definition) is 5. The summed E-state index contributed by atoms with van der Waals surface area (Å²) in [5.41, 5.74) is 6.32. The molecule has 1 N–H and O–H groups in total. The molecule has 0 unspecified atom stereocenters. The first kappa shape index (κ1) is 23.9. The Balaban J connectivity index is 1.32. The molecule has 1 aromatic carbocycles. The summed E-state index contributed by atoms with van der Waals surface area (Å²) >= 11 is 0. The Morgan fingerprint density at radius 3 is 2.39 bits per heavy atom. The van der Waals surface area contributed by atoms with Crippen molar-refractivity contribution in [1.82, 2.24) is 34.8 Å². The summed E-state index contributed by atoms with van der Waals surface area (Å²) in [7, 11) is 3.85. The number of aryl methyl sites for hydroxylation is 3. The first-order valence-electron chi connectivity index (χ1n) is 12.6. The van der Waals surface area contributed by atoms with Crippen LogP contribution in [0, 0.1) is 11.8 Å². The highest BCUT2D eigenvalue weighted by Gasteiger charge is 2.28. The Hall–Kier alpha value is -3.81. The highest BCUT2D eigenvalue weighted by molar-refractivity contribution is 5.73. The Morgan fingerprint density at radius 2 is 1.69 bits per heavy atom. The third-order valence-corrected chi connectivity index (χ3v) is 7.04. The van der Waals surface area contributed by atoms with Gasteiger partial charge in [-0.05, 0) is 49.1 Å². The van der Waals surface area contributed by atoms with Gasteiger partial charge in [-0.1, -0.05) is 24.6 Å². The normalized spacial score (nSPS) is 17.1. The van der Waals surface area contributed by atoms with Gasteiger partial charge in [0.2, 0.25) is 5.91 Å². The van der Waals surface area contributed by atoms with Crippen LogP contribution in [0.1, 0.15) is 38.3 Å². The van der Waals surface area contributed by atoms with Crippen molar-refractivity contribution < 1.29 is 4.79 Å². The van der Waals surface area contributed by atoms with Crippen LogP contribution in [0.2, 0.25) is 0 Å². The van der Waals surface area contributed by atoms with Gasteiger partial charge >= 0.3 is 0 Å². The molecule has 5 rings (SSSR count). The van der Waals surface area contributed by atoms with Crippen LogP contribution in [0.5, 0.6) is 0 Å². The van der Waals surface area contributed by atoms with Crippen LogP contribution < -0.4 is 5.32 Å². The lowest BCUT2D eigenvalue weighted by Crippen LogP contribution is -2.35. The zero-order valence-electron chi connectivity index (χ0n) is 21.2. The maximum atomic E-state index is 11.1. The van der Waals surface area contributed by atoms with E-state index in [-0.39, 0.29) is 5.91 Å². The number of carbonyl (C=O) groups is 1. The van der Waals surface area contributed by atoms with E-state index in [0.29, 0.717) is 5.92 Å². The summed E-state index contributed by atoms with van der Waals surface area (Å²) in [4.78, 5) is 20.9. The SMILES string of the molecule is CC(=O)NC[C@H]1C[C@@H](CCCc2nc(-c3cccc(-c4cnn(C)c4)c3)ncc2-c2cnn(C)c2)C1. The van der Waals surface area contributed by atoms with Gasteiger partial charge in [-0.25, -0.2) is 9.97 Å². The molecule has 1 amide bonds. The van der Waals surface area contributed by atoms with E-state index < -0.39 is 0 Å². The minimum atomic E-state index is 0.0620. The molecule has 0 bridgehead atoms. The van der Waals surface area contributed by atoms with Crippen LogP contribution in [0.25, 0.3) is 33.6 Å². The van der Waals surface area contributed by atoms with Gasteiger partial charge < -0.3 is 5.32 Å². The highest BCUT2D eigenvalue weighted by Crippen LogP contribution is 2.37. The van der Waals surface area contributed by atoms with E-state index in [1.165, 1.54) is 19.3 Å². The van der Waals surface area contributed by atoms with E-state index in [2.05, 4.69) is 33.7 Å². The molecule has 8 heteroatoms. The van der Waals surface area contributed by atoms with E-state index in [1.807, 2.05) is 60.5 Å². The smallest absolute Gasteiger partial charge is 0.216 e. The van der Waals surface area contributed by atoms with Gasteiger partial charge in [-0.15, -0.1) is 0 Å². The average molecular weight is 484 g/mol. The fraction of sp³-hybridized carbons (Fsp3) is 0.393. The molecule has 0 radical (unpaired) electrons. The van der Waals surface area contributed by atoms with Crippen molar-refractivity contribution in [3.05, 3.63) is 60.9 Å². The van der Waals surface area contributed by atoms with Crippen molar-refractivity contribution in [3.8, 4) is 33.6 Å². The topological polar surface area (TPSA) is 90.5 Å². The second kappa shape index (κ2) is 10.4. The molecule has 1 saturated carbocycles. The summed E-state index contributed by atoms with van der Waals surface area (Å²) in [5, 5.41) is 11.6. The predicted octanol–water partition coefficient (Wildman–Crippen LogP) is 4.43. The molecule has 0 aliphatic heterocycles. The van der Waals surface area contributed by atoms with Crippen molar-refractivity contribution >= 4 is 5.91 Å². The minimum Gasteiger partial charge on any atom is -0.356 e. The van der Waals surface area contributed by atoms with Crippen LogP contribution in [0.3, 0.4) is 0 Å². The lowest BCUT2D eigenvalue weighted by molar-refractivity contribution is -0.119. The Morgan fingerprint density at radius 1 is 0.972 bits per heavy atom. The quantitative estimate of drug-likeness (QED) is 0.380. The molecule has 1 aliphatic rings. The molecule has 3 aromatic heterocycles. The lowest BCUT2D eigenvalue weighted by atomic mass is 9.72. The number of hydrogen-bond donors (Lipinski definition) is 1. The second-order valence-corrected chi connectivity index (χ2v) is 9.97. The van der Waals surface area contributed by atoms with E-state index in [1.54, 1.807) is 6.92 Å². The van der Waals surface area contributed by atoms with Crippen LogP contribution >= 0.6 is 0 Å². The molecule has 186 valence electrons. The van der Waals surface area contributed by atoms with Gasteiger partial charge in [0.05, 0.1) is 18.1 Å². The molecule has 8 nitrogen and oxygen atoms in total. The second-order valence-electron chi connectivity index (χ2n) is 9.97. The molecule has 0 spiro atoms. The Bertz CT molecular complexity index is 1350. The van der Waals surface area contributed by atoms with Gasteiger partial charge in [0.1, 0.15) is 0 Å². The monoisotopic (exact) mass is 483 g/mol. The van der Waals surface area contributed by atoms with Crippen molar-refractivity contribution in [2.45, 2.75) is 39.0 Å². The lowest BCUT2D eigenvalue weighted by Gasteiger charge is -2.35. The third-order valence-electron chi connectivity index (χ3n) is 7.04. The summed E-state index contributed by atoms with van der Waals surface area (Å²) in [6.07, 6.45) is 15.3. The maximum Gasteiger partial charge on any atom is 0.216 e. The first-order valence-corrected chi connectivity index (χ1v) is 12.6. The number of carbonyl (C=O) groups excluding carboxylic acids is 1. The van der Waals surface area contributed by atoms with Gasteiger partial charge in [0.15, 0.2) is 5.82 Å². The van der Waals surface area contributed by atoms with Crippen molar-refractivity contribution in [2.24, 2.45) is 25.9 Å². The number of amides is 1. The summed E-state index contributed by atoms with van der Waals surface area (Å²) in [6, 6.07) is 8.32. The van der Waals surface area contributed by atoms with Gasteiger partial charge in [0, 0.05) is 68.4 Å². The molecule has 36 heavy (non-hydrogen) atoms. The Kier molecular flexibility index (Phi) is 6.93. The zero-order chi connectivity index (χ0) is 25.1. The standard InChI is InChI=1S/C28H33N7O/c1-19(36)29-13-21-10-20(11-21)6-4-9-27-26(25-15-32-35(3)18-25)16-30-28(33-27)23-8-5-7-22(12-23)24-14-31-34(2)17-24/h5,7-8,12,14-18,20-21H,4,6,9-11,13H2,1-3H3,(H,29,36)/t20-,21+. The summed E-state index contributed by atoms with van der Waals surface area (Å²) in [6.45, 7) is 2.39. The van der Waals surface area contributed by atoms with Gasteiger partial charge in [0.25, 0.3) is 0 Å². The van der Waals surface area contributed by atoms with E-state index in [4.69, 9.17) is 9.97 Å². The molecule has 0 atom stereocenters. The largest absolute Gasteiger partial charge is 0.356 e. The number of nitrogens with one attached hydrogen (secondary N) is 1. The molecule has 4 aromatic rings. The minimum absolute atomic E-state index is 0.0620. The number of benzene rings is 1. The molecule has 3 heterocycles. The van der Waals surface area contributed by atoms with Gasteiger partial charge in [-0.2, -0.15) is 10.2 Å². The number of nitrogens with zero attached hydrogens (tertiary/aromatic N) is 6. The Labute approximate surface area is 211 Å².